The van der Waals surface area contributed by atoms with E-state index in [1.165, 1.54) is 29.6 Å². The van der Waals surface area contributed by atoms with E-state index in [4.69, 9.17) is 0 Å². The molecule has 1 aromatic heterocycles. The Morgan fingerprint density at radius 1 is 1.44 bits per heavy atom. The zero-order chi connectivity index (χ0) is 13.0. The number of halogens is 1. The Hall–Kier alpha value is -0.770. The van der Waals surface area contributed by atoms with Gasteiger partial charge in [-0.2, -0.15) is 0 Å². The monoisotopic (exact) mass is 384 g/mol. The molecule has 0 radical (unpaired) electrons. The number of nitrogens with one attached hydrogen (secondary N) is 1. The first-order chi connectivity index (χ1) is 8.01. The lowest BCUT2D eigenvalue weighted by Crippen LogP contribution is -2.38. The first-order valence-electron chi connectivity index (χ1n) is 5.13. The fraction of sp³-hybridized carbons (Fsp3) is 0.500. The average Bonchev–Trinajstić information content (AvgIpc) is 2.32. The SMILES string of the molecule is CCN=C(Nc1cn(C)c(=O)n(C)c1=O)SC.I. The van der Waals surface area contributed by atoms with Crippen LogP contribution in [0.25, 0.3) is 0 Å². The lowest BCUT2D eigenvalue weighted by molar-refractivity contribution is 0.689. The number of aromatic nitrogens is 2. The normalized spacial score (nSPS) is 11.0. The summed E-state index contributed by atoms with van der Waals surface area (Å²) in [5.41, 5.74) is -0.360. The van der Waals surface area contributed by atoms with Crippen molar-refractivity contribution in [2.75, 3.05) is 18.1 Å². The fourth-order valence-electron chi connectivity index (χ4n) is 1.31. The first-order valence-corrected chi connectivity index (χ1v) is 6.35. The van der Waals surface area contributed by atoms with Gasteiger partial charge in [0.2, 0.25) is 0 Å². The minimum absolute atomic E-state index is 0. The Morgan fingerprint density at radius 2 is 2.06 bits per heavy atom. The molecule has 102 valence electrons. The Kier molecular flexibility index (Phi) is 7.29. The van der Waals surface area contributed by atoms with Gasteiger partial charge >= 0.3 is 5.69 Å². The van der Waals surface area contributed by atoms with Crippen LogP contribution in [0.15, 0.2) is 20.8 Å². The van der Waals surface area contributed by atoms with E-state index < -0.39 is 0 Å². The lowest BCUT2D eigenvalue weighted by atomic mass is 10.5. The van der Waals surface area contributed by atoms with E-state index in [9.17, 15) is 9.59 Å². The van der Waals surface area contributed by atoms with Crippen molar-refractivity contribution < 1.29 is 0 Å². The number of anilines is 1. The number of aliphatic imine (C=N–C) groups is 1. The molecule has 0 aromatic carbocycles. The van der Waals surface area contributed by atoms with Crippen molar-refractivity contribution in [3.05, 3.63) is 27.0 Å². The second-order valence-electron chi connectivity index (χ2n) is 3.41. The second kappa shape index (κ2) is 7.62. The molecule has 0 bridgehead atoms. The minimum atomic E-state index is -0.356. The molecule has 0 spiro atoms. The topological polar surface area (TPSA) is 68.4 Å². The molecule has 0 fully saturated rings. The molecule has 1 aromatic rings. The van der Waals surface area contributed by atoms with E-state index in [1.807, 2.05) is 13.2 Å². The third-order valence-corrected chi connectivity index (χ3v) is 2.80. The third-order valence-electron chi connectivity index (χ3n) is 2.18. The Morgan fingerprint density at radius 3 is 2.56 bits per heavy atom. The molecule has 0 saturated carbocycles. The number of nitrogens with zero attached hydrogens (tertiary/aromatic N) is 3. The zero-order valence-electron chi connectivity index (χ0n) is 10.8. The van der Waals surface area contributed by atoms with Gasteiger partial charge in [-0.1, -0.05) is 11.8 Å². The van der Waals surface area contributed by atoms with Crippen LogP contribution in [0.2, 0.25) is 0 Å². The average molecular weight is 384 g/mol. The summed E-state index contributed by atoms with van der Waals surface area (Å²) in [5.74, 6) is 0. The number of rotatable bonds is 2. The standard InChI is InChI=1S/C10H16N4O2S.HI/c1-5-11-9(17-4)12-7-6-13(2)10(16)14(3)8(7)15;/h6H,5H2,1-4H3,(H,11,12);1H. The van der Waals surface area contributed by atoms with Gasteiger partial charge in [0.25, 0.3) is 5.56 Å². The quantitative estimate of drug-likeness (QED) is 0.467. The van der Waals surface area contributed by atoms with Crippen LogP contribution in [0, 0.1) is 0 Å². The summed E-state index contributed by atoms with van der Waals surface area (Å²) in [6, 6.07) is 0. The molecule has 8 heteroatoms. The highest BCUT2D eigenvalue weighted by atomic mass is 127. The van der Waals surface area contributed by atoms with Gasteiger partial charge in [0.15, 0.2) is 5.17 Å². The molecule has 0 aliphatic heterocycles. The van der Waals surface area contributed by atoms with Crippen LogP contribution in [-0.2, 0) is 14.1 Å². The zero-order valence-corrected chi connectivity index (χ0v) is 13.9. The molecule has 0 unspecified atom stereocenters. The Bertz CT molecular complexity index is 550. The van der Waals surface area contributed by atoms with Crippen molar-refractivity contribution >= 4 is 46.6 Å². The largest absolute Gasteiger partial charge is 0.330 e. The van der Waals surface area contributed by atoms with E-state index in [0.717, 1.165) is 4.57 Å². The number of thioether (sulfide) groups is 1. The van der Waals surface area contributed by atoms with Crippen LogP contribution in [0.3, 0.4) is 0 Å². The maximum Gasteiger partial charge on any atom is 0.330 e. The molecule has 1 N–H and O–H groups in total. The van der Waals surface area contributed by atoms with E-state index >= 15 is 0 Å². The van der Waals surface area contributed by atoms with E-state index in [2.05, 4.69) is 10.3 Å². The molecule has 0 amide bonds. The van der Waals surface area contributed by atoms with Gasteiger partial charge in [0.1, 0.15) is 5.69 Å². The highest BCUT2D eigenvalue weighted by Crippen LogP contribution is 2.03. The summed E-state index contributed by atoms with van der Waals surface area (Å²) < 4.78 is 2.42. The van der Waals surface area contributed by atoms with Gasteiger partial charge in [-0.05, 0) is 13.2 Å². The van der Waals surface area contributed by atoms with Crippen molar-refractivity contribution in [1.82, 2.24) is 9.13 Å². The number of hydrogen-bond acceptors (Lipinski definition) is 4. The van der Waals surface area contributed by atoms with Crippen LogP contribution in [0.1, 0.15) is 6.92 Å². The maximum atomic E-state index is 11.8. The van der Waals surface area contributed by atoms with Crippen molar-refractivity contribution in [2.24, 2.45) is 19.1 Å². The third kappa shape index (κ3) is 3.87. The lowest BCUT2D eigenvalue weighted by Gasteiger charge is -2.09. The predicted molar refractivity (Wildman–Crippen MR) is 87.5 cm³/mol. The number of amidine groups is 1. The number of hydrogen-bond donors (Lipinski definition) is 1. The smallest absolute Gasteiger partial charge is 0.329 e. The van der Waals surface area contributed by atoms with Crippen molar-refractivity contribution in [3.8, 4) is 0 Å². The van der Waals surface area contributed by atoms with Gasteiger partial charge in [-0.15, -0.1) is 24.0 Å². The molecule has 6 nitrogen and oxygen atoms in total. The highest BCUT2D eigenvalue weighted by Gasteiger charge is 2.08. The molecule has 0 atom stereocenters. The molecule has 0 aliphatic carbocycles. The molecule has 0 aliphatic rings. The van der Waals surface area contributed by atoms with E-state index in [-0.39, 0.29) is 35.2 Å². The molecule has 0 saturated heterocycles. The predicted octanol–water partition coefficient (Wildman–Crippen LogP) is 0.853. The van der Waals surface area contributed by atoms with Gasteiger partial charge in [-0.25, -0.2) is 4.79 Å². The van der Waals surface area contributed by atoms with E-state index in [1.54, 1.807) is 7.05 Å². The fourth-order valence-corrected chi connectivity index (χ4v) is 1.78. The Balaban J connectivity index is 0.00000289. The summed E-state index contributed by atoms with van der Waals surface area (Å²) in [4.78, 5) is 27.5. The molecular formula is C10H17IN4O2S. The summed E-state index contributed by atoms with van der Waals surface area (Å²) in [6.45, 7) is 2.55. The van der Waals surface area contributed by atoms with Crippen LogP contribution in [0.4, 0.5) is 5.69 Å². The van der Waals surface area contributed by atoms with E-state index in [0.29, 0.717) is 17.4 Å². The summed E-state index contributed by atoms with van der Waals surface area (Å²) in [7, 11) is 3.05. The van der Waals surface area contributed by atoms with Gasteiger partial charge in [0.05, 0.1) is 0 Å². The van der Waals surface area contributed by atoms with Gasteiger partial charge in [-0.3, -0.25) is 14.4 Å². The highest BCUT2D eigenvalue weighted by molar-refractivity contribution is 14.0. The first kappa shape index (κ1) is 17.2. The molecule has 1 rings (SSSR count). The van der Waals surface area contributed by atoms with Crippen LogP contribution >= 0.6 is 35.7 Å². The Labute approximate surface area is 127 Å². The summed E-state index contributed by atoms with van der Waals surface area (Å²) >= 11 is 1.42. The van der Waals surface area contributed by atoms with Crippen LogP contribution in [0.5, 0.6) is 0 Å². The van der Waals surface area contributed by atoms with Crippen molar-refractivity contribution in [1.29, 1.82) is 0 Å². The van der Waals surface area contributed by atoms with Crippen molar-refractivity contribution in [3.63, 3.8) is 0 Å². The molecule has 18 heavy (non-hydrogen) atoms. The van der Waals surface area contributed by atoms with Crippen molar-refractivity contribution in [2.45, 2.75) is 6.92 Å². The minimum Gasteiger partial charge on any atom is -0.329 e. The van der Waals surface area contributed by atoms with Gasteiger partial charge in [0, 0.05) is 26.8 Å². The molecular weight excluding hydrogens is 367 g/mol. The second-order valence-corrected chi connectivity index (χ2v) is 4.20. The summed E-state index contributed by atoms with van der Waals surface area (Å²) in [6.07, 6.45) is 3.35. The van der Waals surface area contributed by atoms with Crippen LogP contribution < -0.4 is 16.6 Å². The van der Waals surface area contributed by atoms with Gasteiger partial charge < -0.3 is 9.88 Å². The van der Waals surface area contributed by atoms with Crippen LogP contribution in [-0.4, -0.2) is 27.1 Å². The maximum absolute atomic E-state index is 11.8. The molecule has 1 heterocycles. The number of aryl methyl sites for hydroxylation is 1. The summed E-state index contributed by atoms with van der Waals surface area (Å²) in [5, 5.41) is 3.58.